The number of fused-ring (bicyclic) bond motifs is 4. The van der Waals surface area contributed by atoms with Gasteiger partial charge in [0.2, 0.25) is 6.54 Å². The largest absolute Gasteiger partial charge is 0.514 e. The number of non-ortho nitro benzene ring substituents is 1. The summed E-state index contributed by atoms with van der Waals surface area (Å²) in [6.07, 6.45) is 6.05. The van der Waals surface area contributed by atoms with Gasteiger partial charge in [0.15, 0.2) is 0 Å². The van der Waals surface area contributed by atoms with Crippen LogP contribution in [-0.4, -0.2) is 83.1 Å². The summed E-state index contributed by atoms with van der Waals surface area (Å²) in [6, 6.07) is 43.8. The number of nitro benzene ring substituents is 1. The zero-order valence-corrected chi connectivity index (χ0v) is 52.3. The number of benzene rings is 6. The Morgan fingerprint density at radius 2 is 1.25 bits per heavy atom. The quantitative estimate of drug-likeness (QED) is 0.00922. The molecule has 4 atom stereocenters. The molecule has 6 aromatic carbocycles. The third-order valence-electron chi connectivity index (χ3n) is 14.8. The maximum absolute atomic E-state index is 12.7. The van der Waals surface area contributed by atoms with Crippen LogP contribution in [0.25, 0.3) is 4.85 Å². The monoisotopic (exact) mass is 1250 g/mol. The van der Waals surface area contributed by atoms with Crippen LogP contribution in [0.15, 0.2) is 146 Å². The average Bonchev–Trinajstić information content (AvgIpc) is 1.46. The number of nitrogens with one attached hydrogen (secondary N) is 1. The van der Waals surface area contributed by atoms with Crippen LogP contribution < -0.4 is 10.1 Å². The smallest absolute Gasteiger partial charge is 0.441 e. The highest BCUT2D eigenvalue weighted by molar-refractivity contribution is 7.44. The van der Waals surface area contributed by atoms with E-state index in [-0.39, 0.29) is 36.4 Å². The van der Waals surface area contributed by atoms with Gasteiger partial charge in [0, 0.05) is 102 Å². The summed E-state index contributed by atoms with van der Waals surface area (Å²) in [4.78, 5) is 78.7. The molecule has 1 aliphatic heterocycles. The summed E-state index contributed by atoms with van der Waals surface area (Å²) in [7, 11) is -1.29. The minimum absolute atomic E-state index is 0.0881. The SMILES string of the molecule is O=C(ON1C(=O)CCC1=O)c1ccc(CC2C#CCCCCC2)cc1.O=C(Oc1ccc([N+](=O)[O-])cc1)OC1Cc2ccccc2C#Cc2ccccc21.[C-]#[N+]CCOP(OCCCNC(=O)OC1Cc2ccccc2C#Cc2ccccc21)N(C(C)C)C(C)C. The van der Waals surface area contributed by atoms with Crippen LogP contribution in [0.1, 0.15) is 152 Å². The zero-order chi connectivity index (χ0) is 64.5. The molecule has 6 aromatic rings. The Morgan fingerprint density at radius 3 is 1.84 bits per heavy atom. The maximum atomic E-state index is 12.7. The third-order valence-corrected chi connectivity index (χ3v) is 16.9. The summed E-state index contributed by atoms with van der Waals surface area (Å²) >= 11 is 0. The lowest BCUT2D eigenvalue weighted by Crippen LogP contribution is -2.34. The zero-order valence-electron chi connectivity index (χ0n) is 51.4. The van der Waals surface area contributed by atoms with Gasteiger partial charge in [0.05, 0.1) is 17.1 Å². The molecule has 18 nitrogen and oxygen atoms in total. The van der Waals surface area contributed by atoms with E-state index in [1.165, 1.54) is 43.5 Å². The minimum Gasteiger partial charge on any atom is -0.441 e. The average molecular weight is 1250 g/mol. The molecule has 1 saturated heterocycles. The van der Waals surface area contributed by atoms with E-state index in [1.807, 2.05) is 109 Å². The molecule has 0 spiro atoms. The molecule has 91 heavy (non-hydrogen) atoms. The summed E-state index contributed by atoms with van der Waals surface area (Å²) < 4.78 is 30.9. The Labute approximate surface area is 532 Å². The summed E-state index contributed by atoms with van der Waals surface area (Å²) in [6.45, 7) is 16.9. The number of hydrogen-bond acceptors (Lipinski definition) is 14. The van der Waals surface area contributed by atoms with Gasteiger partial charge in [-0.1, -0.05) is 127 Å². The predicted octanol–water partition coefficient (Wildman–Crippen LogP) is 13.9. The molecule has 468 valence electrons. The van der Waals surface area contributed by atoms with Crippen LogP contribution in [0.5, 0.6) is 5.75 Å². The number of alkyl carbamates (subject to hydrolysis) is 1. The predicted molar refractivity (Wildman–Crippen MR) is 343 cm³/mol. The normalized spacial score (nSPS) is 16.2. The van der Waals surface area contributed by atoms with Gasteiger partial charge >= 0.3 is 18.2 Å². The molecule has 3 amide bonds. The van der Waals surface area contributed by atoms with Crippen molar-refractivity contribution in [3.05, 3.63) is 223 Å². The Kier molecular flexibility index (Phi) is 25.4. The van der Waals surface area contributed by atoms with Crippen LogP contribution in [-0.2, 0) is 52.2 Å². The van der Waals surface area contributed by atoms with Gasteiger partial charge in [-0.05, 0) is 119 Å². The van der Waals surface area contributed by atoms with E-state index in [1.54, 1.807) is 12.1 Å². The second-order valence-electron chi connectivity index (χ2n) is 22.1. The fourth-order valence-corrected chi connectivity index (χ4v) is 12.0. The molecule has 0 radical (unpaired) electrons. The van der Waals surface area contributed by atoms with Crippen molar-refractivity contribution < 1.29 is 57.0 Å². The van der Waals surface area contributed by atoms with Crippen LogP contribution in [0, 0.1) is 58.1 Å². The highest BCUT2D eigenvalue weighted by atomic mass is 31.2. The molecule has 0 aromatic heterocycles. The first-order chi connectivity index (χ1) is 44.1. The molecular formula is C72H72N5O13P. The van der Waals surface area contributed by atoms with Crippen molar-refractivity contribution in [3.63, 3.8) is 0 Å². The Morgan fingerprint density at radius 1 is 0.703 bits per heavy atom. The first kappa shape index (κ1) is 67.3. The summed E-state index contributed by atoms with van der Waals surface area (Å²) in [5.74, 6) is 18.3. The Bertz CT molecular complexity index is 3750. The number of hydrogen-bond donors (Lipinski definition) is 1. The molecule has 19 heteroatoms. The third kappa shape index (κ3) is 20.2. The molecule has 0 saturated carbocycles. The molecule has 1 heterocycles. The van der Waals surface area contributed by atoms with Crippen LogP contribution >= 0.6 is 8.53 Å². The van der Waals surface area contributed by atoms with Crippen LogP contribution in [0.4, 0.5) is 15.3 Å². The lowest BCUT2D eigenvalue weighted by molar-refractivity contribution is -0.384. The number of hydroxylamine groups is 2. The van der Waals surface area contributed by atoms with E-state index >= 15 is 0 Å². The van der Waals surface area contributed by atoms with Crippen LogP contribution in [0.2, 0.25) is 0 Å². The molecule has 1 fully saturated rings. The Balaban J connectivity index is 0.000000179. The standard InChI is InChI=1S/C29H36N3O4P.C23H15NO5.C20H21NO4/c1-22(2)32(23(3)4)37(35-20-18-30-5)34-19-10-17-31-29(33)36-28-21-26-13-7-6-11-24(26)15-16-25-12-8-9-14-27(25)28;25-23(28-20-13-11-19(12-14-20)24(26)27)29-22-15-18-7-2-1-5-16(18)9-10-17-6-3-4-8-21(17)22;22-18-12-13-19(23)21(18)25-20(24)17-10-8-16(9-11-17)14-15-6-4-2-1-3-5-7-15/h6-9,11-14,22-23,28H,10,17-21H2,1-4H3,(H,31,33);1-8,11-14,22H,15H2;8-11,15H,1-4,6,12-14H2. The van der Waals surface area contributed by atoms with Crippen molar-refractivity contribution >= 4 is 44.2 Å². The lowest BCUT2D eigenvalue weighted by atomic mass is 9.92. The van der Waals surface area contributed by atoms with Crippen molar-refractivity contribution in [3.8, 4) is 41.3 Å². The lowest BCUT2D eigenvalue weighted by Gasteiger charge is -2.35. The number of rotatable bonds is 19. The van der Waals surface area contributed by atoms with E-state index in [0.29, 0.717) is 62.1 Å². The van der Waals surface area contributed by atoms with E-state index in [0.717, 1.165) is 69.3 Å². The molecule has 3 aliphatic carbocycles. The van der Waals surface area contributed by atoms with Crippen LogP contribution in [0.3, 0.4) is 0 Å². The van der Waals surface area contributed by atoms with Gasteiger partial charge in [0.1, 0.15) is 24.6 Å². The molecule has 4 unspecified atom stereocenters. The van der Waals surface area contributed by atoms with Gasteiger partial charge in [0.25, 0.3) is 26.0 Å². The Hall–Kier alpha value is -9.65. The topological polar surface area (TPSA) is 207 Å². The second-order valence-corrected chi connectivity index (χ2v) is 23.6. The van der Waals surface area contributed by atoms with Crippen molar-refractivity contribution in [1.29, 1.82) is 0 Å². The van der Waals surface area contributed by atoms with E-state index in [2.05, 4.69) is 78.0 Å². The maximum Gasteiger partial charge on any atom is 0.514 e. The van der Waals surface area contributed by atoms with Crippen molar-refractivity contribution in [1.82, 2.24) is 15.1 Å². The number of carbonyl (C=O) groups is 5. The fourth-order valence-electron chi connectivity index (χ4n) is 10.4. The van der Waals surface area contributed by atoms with Crippen molar-refractivity contribution in [2.45, 2.75) is 123 Å². The fraction of sp³-hybridized carbons (Fsp3) is 0.333. The number of nitro groups is 1. The molecule has 4 aliphatic rings. The highest BCUT2D eigenvalue weighted by Crippen LogP contribution is 2.46. The second kappa shape index (κ2) is 34.4. The summed E-state index contributed by atoms with van der Waals surface area (Å²) in [5.41, 5.74) is 8.59. The van der Waals surface area contributed by atoms with E-state index in [9.17, 15) is 34.1 Å². The first-order valence-electron chi connectivity index (χ1n) is 30.4. The number of amides is 3. The number of carbonyl (C=O) groups excluding carboxylic acids is 5. The number of imide groups is 1. The van der Waals surface area contributed by atoms with E-state index in [4.69, 9.17) is 34.7 Å². The minimum atomic E-state index is -1.29. The first-order valence-corrected chi connectivity index (χ1v) is 31.5. The van der Waals surface area contributed by atoms with Gasteiger partial charge in [-0.15, -0.1) is 11.0 Å². The van der Waals surface area contributed by atoms with Crippen molar-refractivity contribution in [2.24, 2.45) is 5.92 Å². The van der Waals surface area contributed by atoms with Gasteiger partial charge < -0.3 is 38.3 Å². The van der Waals surface area contributed by atoms with Gasteiger partial charge in [-0.2, -0.15) is 0 Å². The molecule has 10 rings (SSSR count). The number of ether oxygens (including phenoxy) is 3. The summed E-state index contributed by atoms with van der Waals surface area (Å²) in [5, 5.41) is 14.2. The highest BCUT2D eigenvalue weighted by Gasteiger charge is 2.34. The molecular weight excluding hydrogens is 1170 g/mol. The van der Waals surface area contributed by atoms with Gasteiger partial charge in [-0.3, -0.25) is 19.7 Å². The van der Waals surface area contributed by atoms with Gasteiger partial charge in [-0.25, -0.2) is 25.6 Å². The van der Waals surface area contributed by atoms with E-state index < -0.39 is 55.7 Å². The molecule has 0 bridgehead atoms. The molecule has 1 N–H and O–H groups in total. The van der Waals surface area contributed by atoms with Crippen molar-refractivity contribution in [2.75, 3.05) is 26.3 Å². The number of nitrogens with zero attached hydrogens (tertiary/aromatic N) is 4.